The third kappa shape index (κ3) is 2.85. The lowest BCUT2D eigenvalue weighted by molar-refractivity contribution is 0.184. The van der Waals surface area contributed by atoms with Gasteiger partial charge < -0.3 is 9.84 Å². The van der Waals surface area contributed by atoms with Gasteiger partial charge in [0.05, 0.1) is 5.69 Å². The molecule has 2 aromatic heterocycles. The number of rotatable bonds is 5. The molecule has 1 atom stereocenters. The average molecular weight is 317 g/mol. The number of piperidine rings is 1. The number of nitrogens with zero attached hydrogens (tertiary/aromatic N) is 2. The van der Waals surface area contributed by atoms with Crippen LogP contribution >= 0.6 is 11.3 Å². The molecule has 0 unspecified atom stereocenters. The maximum absolute atomic E-state index is 5.25. The van der Waals surface area contributed by atoms with Gasteiger partial charge in [-0.25, -0.2) is 0 Å². The van der Waals surface area contributed by atoms with Crippen LogP contribution in [0.5, 0.6) is 0 Å². The zero-order valence-corrected chi connectivity index (χ0v) is 13.9. The van der Waals surface area contributed by atoms with Gasteiger partial charge in [-0.05, 0) is 67.1 Å². The maximum Gasteiger partial charge on any atom is 0.133 e. The van der Waals surface area contributed by atoms with Crippen LogP contribution in [-0.2, 0) is 13.1 Å². The Hall–Kier alpha value is -1.17. The predicted molar refractivity (Wildman–Crippen MR) is 87.7 cm³/mol. The monoisotopic (exact) mass is 317 g/mol. The summed E-state index contributed by atoms with van der Waals surface area (Å²) in [6.07, 6.45) is 3.97. The van der Waals surface area contributed by atoms with E-state index in [0.29, 0.717) is 11.5 Å². The molecule has 1 saturated carbocycles. The van der Waals surface area contributed by atoms with Crippen LogP contribution in [0.15, 0.2) is 27.4 Å². The first-order valence-corrected chi connectivity index (χ1v) is 9.08. The topological polar surface area (TPSA) is 41.3 Å². The molecule has 0 amide bonds. The van der Waals surface area contributed by atoms with Crippen molar-refractivity contribution < 1.29 is 4.52 Å². The zero-order chi connectivity index (χ0) is 15.0. The van der Waals surface area contributed by atoms with Crippen molar-refractivity contribution in [3.05, 3.63) is 39.9 Å². The lowest BCUT2D eigenvalue weighted by Crippen LogP contribution is -2.35. The third-order valence-corrected chi connectivity index (χ3v) is 5.93. The van der Waals surface area contributed by atoms with E-state index in [0.717, 1.165) is 24.5 Å². The highest BCUT2D eigenvalue weighted by molar-refractivity contribution is 7.07. The molecule has 4 rings (SSSR count). The molecule has 2 aromatic rings. The summed E-state index contributed by atoms with van der Waals surface area (Å²) < 4.78 is 5.25. The van der Waals surface area contributed by atoms with Gasteiger partial charge in [0.25, 0.3) is 0 Å². The smallest absolute Gasteiger partial charge is 0.133 e. The van der Waals surface area contributed by atoms with Crippen LogP contribution in [0.25, 0.3) is 0 Å². The Morgan fingerprint density at radius 2 is 2.27 bits per heavy atom. The number of thiophene rings is 1. The van der Waals surface area contributed by atoms with E-state index >= 15 is 0 Å². The molecule has 2 aliphatic rings. The Morgan fingerprint density at radius 1 is 1.41 bits per heavy atom. The number of nitrogens with one attached hydrogen (secondary N) is 1. The lowest BCUT2D eigenvalue weighted by atomic mass is 9.93. The minimum Gasteiger partial charge on any atom is -0.361 e. The van der Waals surface area contributed by atoms with Crippen LogP contribution in [0.1, 0.15) is 36.3 Å². The van der Waals surface area contributed by atoms with E-state index in [-0.39, 0.29) is 0 Å². The Labute approximate surface area is 135 Å². The van der Waals surface area contributed by atoms with E-state index in [2.05, 4.69) is 38.3 Å². The summed E-state index contributed by atoms with van der Waals surface area (Å²) in [5.41, 5.74) is 3.03. The first-order valence-electron chi connectivity index (χ1n) is 8.13. The standard InChI is InChI=1S/C17H23N3OS/c1-13-8-15(19-21-13)11-20(10-14-2-7-22-12-14)16-9-17(16)3-5-18-6-4-17/h2,7-8,12,16,18H,3-6,9-11H2,1H3/t16-/m1/s1. The van der Waals surface area contributed by atoms with Crippen molar-refractivity contribution in [2.75, 3.05) is 13.1 Å². The van der Waals surface area contributed by atoms with Gasteiger partial charge >= 0.3 is 0 Å². The fraction of sp³-hybridized carbons (Fsp3) is 0.588. The Kier molecular flexibility index (Phi) is 3.80. The van der Waals surface area contributed by atoms with Crippen LogP contribution in [0.4, 0.5) is 0 Å². The van der Waals surface area contributed by atoms with Gasteiger partial charge in [-0.15, -0.1) is 0 Å². The second kappa shape index (κ2) is 5.80. The van der Waals surface area contributed by atoms with Gasteiger partial charge in [0.1, 0.15) is 5.76 Å². The summed E-state index contributed by atoms with van der Waals surface area (Å²) in [5, 5.41) is 12.1. The normalized spacial score (nSPS) is 23.3. The predicted octanol–water partition coefficient (Wildman–Crippen LogP) is 3.19. The molecule has 3 heterocycles. The molecule has 2 fully saturated rings. The lowest BCUT2D eigenvalue weighted by Gasteiger charge is -2.29. The summed E-state index contributed by atoms with van der Waals surface area (Å²) in [5.74, 6) is 0.901. The van der Waals surface area contributed by atoms with E-state index < -0.39 is 0 Å². The molecule has 1 aliphatic carbocycles. The third-order valence-electron chi connectivity index (χ3n) is 5.19. The highest BCUT2D eigenvalue weighted by Crippen LogP contribution is 2.56. The van der Waals surface area contributed by atoms with Gasteiger partial charge in [0.15, 0.2) is 0 Å². The molecule has 5 heteroatoms. The molecule has 1 aliphatic heterocycles. The SMILES string of the molecule is Cc1cc(CN(Cc2ccsc2)[C@@H]2CC23CCNCC3)no1. The molecular formula is C17H23N3OS. The van der Waals surface area contributed by atoms with Crippen LogP contribution in [-0.4, -0.2) is 29.2 Å². The van der Waals surface area contributed by atoms with Gasteiger partial charge in [-0.3, -0.25) is 4.90 Å². The summed E-state index contributed by atoms with van der Waals surface area (Å²) in [6.45, 7) is 6.23. The Morgan fingerprint density at radius 3 is 2.95 bits per heavy atom. The molecule has 0 aromatic carbocycles. The Bertz CT molecular complexity index is 616. The average Bonchev–Trinajstić information content (AvgIpc) is 2.90. The molecule has 4 nitrogen and oxygen atoms in total. The fourth-order valence-electron chi connectivity index (χ4n) is 3.90. The van der Waals surface area contributed by atoms with Gasteiger partial charge in [-0.1, -0.05) is 5.16 Å². The minimum atomic E-state index is 0.556. The largest absolute Gasteiger partial charge is 0.361 e. The van der Waals surface area contributed by atoms with Crippen LogP contribution in [0.2, 0.25) is 0 Å². The van der Waals surface area contributed by atoms with E-state index in [9.17, 15) is 0 Å². The summed E-state index contributed by atoms with van der Waals surface area (Å²) in [4.78, 5) is 2.62. The van der Waals surface area contributed by atoms with Crippen molar-refractivity contribution in [3.63, 3.8) is 0 Å². The number of aromatic nitrogens is 1. The van der Waals surface area contributed by atoms with Gasteiger partial charge in [0, 0.05) is 25.2 Å². The Balaban J connectivity index is 1.50. The highest BCUT2D eigenvalue weighted by Gasteiger charge is 2.56. The van der Waals surface area contributed by atoms with Crippen molar-refractivity contribution in [1.29, 1.82) is 0 Å². The number of aryl methyl sites for hydroxylation is 1. The van der Waals surface area contributed by atoms with Gasteiger partial charge in [-0.2, -0.15) is 11.3 Å². The number of hydrogen-bond acceptors (Lipinski definition) is 5. The maximum atomic E-state index is 5.25. The second-order valence-electron chi connectivity index (χ2n) is 6.80. The van der Waals surface area contributed by atoms with Crippen molar-refractivity contribution >= 4 is 11.3 Å². The van der Waals surface area contributed by atoms with Crippen molar-refractivity contribution in [2.45, 2.75) is 45.3 Å². The zero-order valence-electron chi connectivity index (χ0n) is 13.0. The van der Waals surface area contributed by atoms with Crippen LogP contribution in [0.3, 0.4) is 0 Å². The van der Waals surface area contributed by atoms with E-state index in [1.54, 1.807) is 11.3 Å². The first-order chi connectivity index (χ1) is 10.8. The van der Waals surface area contributed by atoms with Crippen molar-refractivity contribution in [3.8, 4) is 0 Å². The van der Waals surface area contributed by atoms with E-state index in [4.69, 9.17) is 4.52 Å². The highest BCUT2D eigenvalue weighted by atomic mass is 32.1. The molecular weight excluding hydrogens is 294 g/mol. The van der Waals surface area contributed by atoms with Crippen LogP contribution < -0.4 is 5.32 Å². The molecule has 118 valence electrons. The van der Waals surface area contributed by atoms with Gasteiger partial charge in [0.2, 0.25) is 0 Å². The molecule has 0 radical (unpaired) electrons. The van der Waals surface area contributed by atoms with Crippen LogP contribution in [0, 0.1) is 12.3 Å². The number of hydrogen-bond donors (Lipinski definition) is 1. The van der Waals surface area contributed by atoms with E-state index in [1.807, 2.05) is 6.92 Å². The molecule has 1 N–H and O–H groups in total. The van der Waals surface area contributed by atoms with E-state index in [1.165, 1.54) is 37.9 Å². The second-order valence-corrected chi connectivity index (χ2v) is 7.58. The summed E-state index contributed by atoms with van der Waals surface area (Å²) in [6, 6.07) is 5.01. The molecule has 22 heavy (non-hydrogen) atoms. The summed E-state index contributed by atoms with van der Waals surface area (Å²) in [7, 11) is 0. The molecule has 1 spiro atoms. The quantitative estimate of drug-likeness (QED) is 0.919. The van der Waals surface area contributed by atoms with Crippen molar-refractivity contribution in [2.24, 2.45) is 5.41 Å². The first kappa shape index (κ1) is 14.4. The molecule has 0 bridgehead atoms. The fourth-order valence-corrected chi connectivity index (χ4v) is 4.56. The summed E-state index contributed by atoms with van der Waals surface area (Å²) >= 11 is 1.78. The molecule has 1 saturated heterocycles. The van der Waals surface area contributed by atoms with Crippen molar-refractivity contribution in [1.82, 2.24) is 15.4 Å². The minimum absolute atomic E-state index is 0.556.